The number of aliphatic hydroxyl groups excluding tert-OH is 1. The first-order valence-corrected chi connectivity index (χ1v) is 6.11. The molecular formula is C12H13N3O4. The van der Waals surface area contributed by atoms with Gasteiger partial charge in [-0.25, -0.2) is 9.97 Å². The second-order valence-electron chi connectivity index (χ2n) is 4.66. The van der Waals surface area contributed by atoms with Crippen LogP contribution in [0, 0.1) is 0 Å². The number of epoxide rings is 1. The monoisotopic (exact) mass is 263 g/mol. The normalized spacial score (nSPS) is 32.5. The zero-order chi connectivity index (χ0) is 13.0. The molecule has 2 aliphatic heterocycles. The molecule has 1 N–H and O–H groups in total. The maximum atomic E-state index is 9.21. The number of nitrogens with zero attached hydrogens (tertiary/aromatic N) is 3. The van der Waals surface area contributed by atoms with Gasteiger partial charge in [0.1, 0.15) is 30.3 Å². The van der Waals surface area contributed by atoms with Crippen LogP contribution in [0.3, 0.4) is 0 Å². The molecule has 2 saturated heterocycles. The van der Waals surface area contributed by atoms with E-state index in [4.69, 9.17) is 14.2 Å². The highest BCUT2D eigenvalue weighted by atomic mass is 16.7. The van der Waals surface area contributed by atoms with Crippen molar-refractivity contribution in [2.24, 2.45) is 0 Å². The maximum Gasteiger partial charge on any atom is 0.225 e. The molecule has 4 rings (SSSR count). The molecule has 100 valence electrons. The van der Waals surface area contributed by atoms with Gasteiger partial charge < -0.3 is 23.9 Å². The first kappa shape index (κ1) is 11.2. The quantitative estimate of drug-likeness (QED) is 0.791. The molecular weight excluding hydrogens is 250 g/mol. The fraction of sp³-hybridized carbons (Fsp3) is 0.500. The number of hydrogen-bond acceptors (Lipinski definition) is 6. The van der Waals surface area contributed by atoms with E-state index in [1.807, 2.05) is 16.8 Å². The van der Waals surface area contributed by atoms with Crippen LogP contribution in [0.4, 0.5) is 0 Å². The highest BCUT2D eigenvalue weighted by molar-refractivity contribution is 5.81. The first-order chi connectivity index (χ1) is 9.33. The molecule has 2 aromatic heterocycles. The predicted octanol–water partition coefficient (Wildman–Crippen LogP) is 0.0970. The van der Waals surface area contributed by atoms with Gasteiger partial charge in [0.25, 0.3) is 0 Å². The number of ether oxygens (including phenoxy) is 3. The zero-order valence-corrected chi connectivity index (χ0v) is 10.3. The Morgan fingerprint density at radius 1 is 1.37 bits per heavy atom. The lowest BCUT2D eigenvalue weighted by Gasteiger charge is -2.18. The average Bonchev–Trinajstić information content (AvgIpc) is 2.97. The van der Waals surface area contributed by atoms with Crippen LogP contribution in [-0.4, -0.2) is 51.7 Å². The Labute approximate surface area is 108 Å². The third-order valence-electron chi connectivity index (χ3n) is 3.64. The Bertz CT molecular complexity index is 628. The second kappa shape index (κ2) is 3.89. The van der Waals surface area contributed by atoms with Gasteiger partial charge in [-0.2, -0.15) is 0 Å². The van der Waals surface area contributed by atoms with E-state index in [0.717, 1.165) is 11.0 Å². The maximum absolute atomic E-state index is 9.21. The van der Waals surface area contributed by atoms with Crippen molar-refractivity contribution in [3.05, 3.63) is 18.6 Å². The fourth-order valence-electron chi connectivity index (χ4n) is 2.69. The Kier molecular flexibility index (Phi) is 2.29. The van der Waals surface area contributed by atoms with Crippen molar-refractivity contribution in [2.75, 3.05) is 13.7 Å². The van der Waals surface area contributed by atoms with E-state index in [9.17, 15) is 5.11 Å². The third kappa shape index (κ3) is 1.49. The number of fused-ring (bicyclic) bond motifs is 2. The van der Waals surface area contributed by atoms with Crippen molar-refractivity contribution in [3.63, 3.8) is 0 Å². The van der Waals surface area contributed by atoms with Crippen LogP contribution in [-0.2, 0) is 9.47 Å². The van der Waals surface area contributed by atoms with E-state index in [-0.39, 0.29) is 31.1 Å². The molecule has 2 fully saturated rings. The van der Waals surface area contributed by atoms with Crippen LogP contribution in [0.5, 0.6) is 5.88 Å². The molecule has 2 aromatic rings. The standard InChI is InChI=1S/C12H13N3O4/c1-17-11-6-2-3-15(10(6)13-5-14-11)12-9-8(19-9)7(4-16)18-12/h2-3,5,7-9,12,16H,4H2,1H3/t7-,8?,9?,12?/m1/s1. The van der Waals surface area contributed by atoms with Crippen LogP contribution in [0.25, 0.3) is 11.0 Å². The average molecular weight is 263 g/mol. The summed E-state index contributed by atoms with van der Waals surface area (Å²) in [4.78, 5) is 8.34. The molecule has 0 spiro atoms. The Morgan fingerprint density at radius 3 is 3.00 bits per heavy atom. The van der Waals surface area contributed by atoms with E-state index in [0.29, 0.717) is 5.88 Å². The van der Waals surface area contributed by atoms with Crippen LogP contribution >= 0.6 is 0 Å². The van der Waals surface area contributed by atoms with Gasteiger partial charge >= 0.3 is 0 Å². The second-order valence-corrected chi connectivity index (χ2v) is 4.66. The number of rotatable bonds is 3. The minimum Gasteiger partial charge on any atom is -0.480 e. The minimum atomic E-state index is -0.254. The molecule has 0 saturated carbocycles. The Hall–Kier alpha value is -1.70. The van der Waals surface area contributed by atoms with E-state index in [1.54, 1.807) is 7.11 Å². The molecule has 7 nitrogen and oxygen atoms in total. The van der Waals surface area contributed by atoms with Crippen molar-refractivity contribution in [1.82, 2.24) is 14.5 Å². The summed E-state index contributed by atoms with van der Waals surface area (Å²) >= 11 is 0. The van der Waals surface area contributed by atoms with E-state index < -0.39 is 0 Å². The third-order valence-corrected chi connectivity index (χ3v) is 3.64. The lowest BCUT2D eigenvalue weighted by Crippen LogP contribution is -2.22. The van der Waals surface area contributed by atoms with Crippen molar-refractivity contribution in [1.29, 1.82) is 0 Å². The first-order valence-electron chi connectivity index (χ1n) is 6.11. The van der Waals surface area contributed by atoms with Crippen molar-refractivity contribution in [3.8, 4) is 5.88 Å². The van der Waals surface area contributed by atoms with Crippen molar-refractivity contribution < 1.29 is 19.3 Å². The predicted molar refractivity (Wildman–Crippen MR) is 63.7 cm³/mol. The summed E-state index contributed by atoms with van der Waals surface area (Å²) in [5.74, 6) is 0.536. The lowest BCUT2D eigenvalue weighted by atomic mass is 10.2. The van der Waals surface area contributed by atoms with Crippen LogP contribution < -0.4 is 4.74 Å². The van der Waals surface area contributed by atoms with Crippen LogP contribution in [0.15, 0.2) is 18.6 Å². The lowest BCUT2D eigenvalue weighted by molar-refractivity contribution is -0.0821. The van der Waals surface area contributed by atoms with Gasteiger partial charge in [0.15, 0.2) is 6.23 Å². The molecule has 4 heterocycles. The molecule has 0 amide bonds. The van der Waals surface area contributed by atoms with E-state index in [2.05, 4.69) is 9.97 Å². The number of aromatic nitrogens is 3. The van der Waals surface area contributed by atoms with Gasteiger partial charge in [-0.15, -0.1) is 0 Å². The smallest absolute Gasteiger partial charge is 0.225 e. The molecule has 0 radical (unpaired) electrons. The molecule has 19 heavy (non-hydrogen) atoms. The highest BCUT2D eigenvalue weighted by Gasteiger charge is 2.58. The van der Waals surface area contributed by atoms with Crippen LogP contribution in [0.1, 0.15) is 6.23 Å². The van der Waals surface area contributed by atoms with Gasteiger partial charge in [-0.3, -0.25) is 0 Å². The molecule has 3 unspecified atom stereocenters. The summed E-state index contributed by atoms with van der Waals surface area (Å²) in [7, 11) is 1.58. The summed E-state index contributed by atoms with van der Waals surface area (Å²) in [6.45, 7) is -0.0326. The summed E-state index contributed by atoms with van der Waals surface area (Å²) in [5.41, 5.74) is 0.740. The van der Waals surface area contributed by atoms with Crippen molar-refractivity contribution >= 4 is 11.0 Å². The molecule has 0 aliphatic carbocycles. The zero-order valence-electron chi connectivity index (χ0n) is 10.3. The summed E-state index contributed by atoms with van der Waals surface area (Å²) in [6.07, 6.45) is 2.83. The summed E-state index contributed by atoms with van der Waals surface area (Å²) in [6, 6.07) is 1.89. The Balaban J connectivity index is 1.76. The fourth-order valence-corrected chi connectivity index (χ4v) is 2.69. The van der Waals surface area contributed by atoms with E-state index in [1.165, 1.54) is 6.33 Å². The highest BCUT2D eigenvalue weighted by Crippen LogP contribution is 2.45. The van der Waals surface area contributed by atoms with Gasteiger partial charge in [0.2, 0.25) is 5.88 Å². The number of aliphatic hydroxyl groups is 1. The van der Waals surface area contributed by atoms with Crippen LogP contribution in [0.2, 0.25) is 0 Å². The Morgan fingerprint density at radius 2 is 2.26 bits per heavy atom. The molecule has 7 heteroatoms. The van der Waals surface area contributed by atoms with Gasteiger partial charge in [-0.1, -0.05) is 0 Å². The molecule has 0 aromatic carbocycles. The minimum absolute atomic E-state index is 0.00353. The van der Waals surface area contributed by atoms with Gasteiger partial charge in [-0.05, 0) is 6.07 Å². The summed E-state index contributed by atoms with van der Waals surface area (Å²) in [5, 5.41) is 10.0. The molecule has 0 bridgehead atoms. The summed E-state index contributed by atoms with van der Waals surface area (Å²) < 4.78 is 18.4. The molecule has 4 atom stereocenters. The number of hydrogen-bond donors (Lipinski definition) is 1. The topological polar surface area (TPSA) is 81.9 Å². The largest absolute Gasteiger partial charge is 0.480 e. The van der Waals surface area contributed by atoms with Gasteiger partial charge in [0.05, 0.1) is 19.1 Å². The van der Waals surface area contributed by atoms with E-state index >= 15 is 0 Å². The van der Waals surface area contributed by atoms with Gasteiger partial charge in [0, 0.05) is 6.20 Å². The van der Waals surface area contributed by atoms with Crippen molar-refractivity contribution in [2.45, 2.75) is 24.5 Å². The SMILES string of the molecule is COc1ncnc2c1ccn2C1O[C@H](CO)C2OC21. The molecule has 2 aliphatic rings. The number of methoxy groups -OCH3 is 1.